The number of nitrogens with one attached hydrogen (secondary N) is 1. The van der Waals surface area contributed by atoms with Crippen molar-refractivity contribution < 1.29 is 10.2 Å². The van der Waals surface area contributed by atoms with E-state index in [1.165, 1.54) is 6.92 Å². The van der Waals surface area contributed by atoms with Crippen LogP contribution in [-0.4, -0.2) is 16.1 Å². The Balaban J connectivity index is 2.44. The normalized spacial score (nSPS) is 11.6. The molecule has 3 N–H and O–H groups in total. The van der Waals surface area contributed by atoms with Gasteiger partial charge in [-0.3, -0.25) is 5.32 Å². The second kappa shape index (κ2) is 3.67. The van der Waals surface area contributed by atoms with E-state index in [0.717, 1.165) is 5.56 Å². The van der Waals surface area contributed by atoms with E-state index in [0.29, 0.717) is 6.54 Å². The molecule has 0 atom stereocenters. The van der Waals surface area contributed by atoms with Gasteiger partial charge in [0.15, 0.2) is 0 Å². The van der Waals surface area contributed by atoms with Crippen molar-refractivity contribution in [2.75, 3.05) is 0 Å². The fraction of sp³-hybridized carbons (Fsp3) is 0.333. The van der Waals surface area contributed by atoms with E-state index in [-0.39, 0.29) is 0 Å². The van der Waals surface area contributed by atoms with E-state index in [2.05, 4.69) is 5.32 Å². The third kappa shape index (κ3) is 3.48. The first-order valence-corrected chi connectivity index (χ1v) is 3.82. The average Bonchev–Trinajstić information content (AvgIpc) is 2.02. The van der Waals surface area contributed by atoms with Crippen molar-refractivity contribution in [3.8, 4) is 0 Å². The summed E-state index contributed by atoms with van der Waals surface area (Å²) in [5.41, 5.74) is 1.02. The molecule has 1 aromatic carbocycles. The van der Waals surface area contributed by atoms with Crippen molar-refractivity contribution in [2.24, 2.45) is 0 Å². The molecule has 0 unspecified atom stereocenters. The van der Waals surface area contributed by atoms with Gasteiger partial charge in [-0.15, -0.1) is 0 Å². The van der Waals surface area contributed by atoms with Crippen LogP contribution in [0.15, 0.2) is 30.3 Å². The smallest absolute Gasteiger partial charge is 0.219 e. The van der Waals surface area contributed by atoms with Crippen molar-refractivity contribution in [2.45, 2.75) is 19.4 Å². The fourth-order valence-corrected chi connectivity index (χ4v) is 0.865. The maximum atomic E-state index is 8.92. The molecule has 66 valence electrons. The lowest BCUT2D eigenvalue weighted by molar-refractivity contribution is -0.170. The van der Waals surface area contributed by atoms with Gasteiger partial charge in [0, 0.05) is 13.5 Å². The van der Waals surface area contributed by atoms with Crippen LogP contribution in [-0.2, 0) is 6.54 Å². The maximum Gasteiger partial charge on any atom is 0.219 e. The van der Waals surface area contributed by atoms with E-state index < -0.39 is 5.91 Å². The van der Waals surface area contributed by atoms with Gasteiger partial charge in [0.05, 0.1) is 0 Å². The summed E-state index contributed by atoms with van der Waals surface area (Å²) in [6.45, 7) is 1.74. The molecule has 0 aliphatic rings. The molecule has 0 fully saturated rings. The van der Waals surface area contributed by atoms with Crippen molar-refractivity contribution in [3.63, 3.8) is 0 Å². The molecule has 1 rings (SSSR count). The van der Waals surface area contributed by atoms with Crippen LogP contribution in [0, 0.1) is 0 Å². The predicted octanol–water partition coefficient (Wildman–Crippen LogP) is 0.434. The number of benzene rings is 1. The highest BCUT2D eigenvalue weighted by molar-refractivity contribution is 5.14. The second-order valence-corrected chi connectivity index (χ2v) is 2.86. The molecule has 0 spiro atoms. The first kappa shape index (κ1) is 9.19. The Labute approximate surface area is 71.7 Å². The predicted molar refractivity (Wildman–Crippen MR) is 46.1 cm³/mol. The van der Waals surface area contributed by atoms with Gasteiger partial charge in [-0.1, -0.05) is 30.3 Å². The van der Waals surface area contributed by atoms with Gasteiger partial charge < -0.3 is 10.2 Å². The first-order valence-electron chi connectivity index (χ1n) is 3.82. The van der Waals surface area contributed by atoms with Crippen molar-refractivity contribution in [3.05, 3.63) is 35.9 Å². The Kier molecular flexibility index (Phi) is 2.81. The molecular formula is C9H13NO2. The SMILES string of the molecule is CC(O)(O)NCc1ccccc1. The summed E-state index contributed by atoms with van der Waals surface area (Å²) >= 11 is 0. The monoisotopic (exact) mass is 167 g/mol. The molecule has 0 bridgehead atoms. The Hall–Kier alpha value is -0.900. The van der Waals surface area contributed by atoms with Crippen LogP contribution in [0.2, 0.25) is 0 Å². The van der Waals surface area contributed by atoms with Crippen LogP contribution in [0.5, 0.6) is 0 Å². The van der Waals surface area contributed by atoms with E-state index in [4.69, 9.17) is 10.2 Å². The molecule has 0 aliphatic heterocycles. The zero-order chi connectivity index (χ0) is 9.03. The van der Waals surface area contributed by atoms with Gasteiger partial charge in [0.1, 0.15) is 0 Å². The van der Waals surface area contributed by atoms with E-state index in [1.54, 1.807) is 0 Å². The van der Waals surface area contributed by atoms with Crippen LogP contribution < -0.4 is 5.32 Å². The van der Waals surface area contributed by atoms with Crippen LogP contribution in [0.25, 0.3) is 0 Å². The fourth-order valence-electron chi connectivity index (χ4n) is 0.865. The summed E-state index contributed by atoms with van der Waals surface area (Å²) in [6.07, 6.45) is 0. The molecular weight excluding hydrogens is 154 g/mol. The maximum absolute atomic E-state index is 8.92. The molecule has 0 amide bonds. The number of aliphatic hydroxyl groups is 2. The summed E-state index contributed by atoms with van der Waals surface area (Å²) in [6, 6.07) is 9.56. The van der Waals surface area contributed by atoms with Gasteiger partial charge >= 0.3 is 0 Å². The lowest BCUT2D eigenvalue weighted by Crippen LogP contribution is -2.41. The van der Waals surface area contributed by atoms with E-state index in [9.17, 15) is 0 Å². The van der Waals surface area contributed by atoms with Gasteiger partial charge in [0.2, 0.25) is 5.91 Å². The molecule has 0 radical (unpaired) electrons. The zero-order valence-electron chi connectivity index (χ0n) is 6.99. The van der Waals surface area contributed by atoms with Crippen LogP contribution in [0.4, 0.5) is 0 Å². The minimum Gasteiger partial charge on any atom is -0.354 e. The lowest BCUT2D eigenvalue weighted by Gasteiger charge is -2.17. The highest BCUT2D eigenvalue weighted by atomic mass is 16.5. The summed E-state index contributed by atoms with van der Waals surface area (Å²) < 4.78 is 0. The topological polar surface area (TPSA) is 52.5 Å². The number of hydrogen-bond donors (Lipinski definition) is 3. The van der Waals surface area contributed by atoms with Gasteiger partial charge in [0.25, 0.3) is 0 Å². The Morgan fingerprint density at radius 1 is 1.25 bits per heavy atom. The number of rotatable bonds is 3. The average molecular weight is 167 g/mol. The van der Waals surface area contributed by atoms with Crippen molar-refractivity contribution in [1.29, 1.82) is 0 Å². The highest BCUT2D eigenvalue weighted by Crippen LogP contribution is 1.99. The van der Waals surface area contributed by atoms with Crippen LogP contribution in [0.1, 0.15) is 12.5 Å². The van der Waals surface area contributed by atoms with Crippen LogP contribution >= 0.6 is 0 Å². The van der Waals surface area contributed by atoms with E-state index >= 15 is 0 Å². The number of hydrogen-bond acceptors (Lipinski definition) is 3. The molecule has 12 heavy (non-hydrogen) atoms. The summed E-state index contributed by atoms with van der Waals surface area (Å²) in [4.78, 5) is 0. The van der Waals surface area contributed by atoms with Gasteiger partial charge in [-0.05, 0) is 5.56 Å². The molecule has 0 saturated carbocycles. The summed E-state index contributed by atoms with van der Waals surface area (Å²) in [5, 5.41) is 20.4. The van der Waals surface area contributed by atoms with E-state index in [1.807, 2.05) is 30.3 Å². The van der Waals surface area contributed by atoms with Crippen LogP contribution in [0.3, 0.4) is 0 Å². The minimum atomic E-state index is -1.80. The minimum absolute atomic E-state index is 0.449. The molecule has 3 heteroatoms. The molecule has 3 nitrogen and oxygen atoms in total. The Morgan fingerprint density at radius 2 is 1.83 bits per heavy atom. The second-order valence-electron chi connectivity index (χ2n) is 2.86. The molecule has 1 aromatic rings. The Morgan fingerprint density at radius 3 is 2.33 bits per heavy atom. The van der Waals surface area contributed by atoms with Gasteiger partial charge in [-0.25, -0.2) is 0 Å². The third-order valence-corrected chi connectivity index (χ3v) is 1.47. The zero-order valence-corrected chi connectivity index (χ0v) is 6.99. The standard InChI is InChI=1S/C9H13NO2/c1-9(11,12)10-7-8-5-3-2-4-6-8/h2-6,10-12H,7H2,1H3. The Bertz CT molecular complexity index is 228. The van der Waals surface area contributed by atoms with Gasteiger partial charge in [-0.2, -0.15) is 0 Å². The highest BCUT2D eigenvalue weighted by Gasteiger charge is 2.12. The third-order valence-electron chi connectivity index (χ3n) is 1.47. The largest absolute Gasteiger partial charge is 0.354 e. The lowest BCUT2D eigenvalue weighted by atomic mass is 10.2. The quantitative estimate of drug-likeness (QED) is 0.572. The molecule has 0 heterocycles. The van der Waals surface area contributed by atoms with Crippen molar-refractivity contribution >= 4 is 0 Å². The first-order chi connectivity index (χ1) is 5.58. The molecule has 0 aliphatic carbocycles. The summed E-state index contributed by atoms with van der Waals surface area (Å²) in [5.74, 6) is -1.80. The molecule has 0 saturated heterocycles. The van der Waals surface area contributed by atoms with Crippen molar-refractivity contribution in [1.82, 2.24) is 5.32 Å². The summed E-state index contributed by atoms with van der Waals surface area (Å²) in [7, 11) is 0. The molecule has 0 aromatic heterocycles.